The number of benzene rings is 3. The molecular formula is C29H31N3O2. The summed E-state index contributed by atoms with van der Waals surface area (Å²) in [5.41, 5.74) is 12.8. The van der Waals surface area contributed by atoms with Crippen LogP contribution in [0.1, 0.15) is 37.4 Å². The number of hydrogen-bond acceptors (Lipinski definition) is 4. The molecule has 0 aromatic heterocycles. The second kappa shape index (κ2) is 10.1. The molecule has 4 rings (SSSR count). The van der Waals surface area contributed by atoms with Gasteiger partial charge in [0.05, 0.1) is 5.56 Å². The number of likely N-dealkylation sites (N-methyl/N-ethyl adjacent to an activating group) is 1. The first kappa shape index (κ1) is 23.5. The third kappa shape index (κ3) is 5.26. The van der Waals surface area contributed by atoms with Crippen molar-refractivity contribution in [3.05, 3.63) is 94.6 Å². The first-order valence-corrected chi connectivity index (χ1v) is 11.6. The van der Waals surface area contributed by atoms with E-state index < -0.39 is 5.91 Å². The van der Waals surface area contributed by atoms with Crippen LogP contribution in [0.2, 0.25) is 0 Å². The molecule has 1 amide bonds. The van der Waals surface area contributed by atoms with Gasteiger partial charge in [0, 0.05) is 37.4 Å². The van der Waals surface area contributed by atoms with E-state index in [1.807, 2.05) is 6.08 Å². The van der Waals surface area contributed by atoms with Gasteiger partial charge in [0.15, 0.2) is 5.78 Å². The van der Waals surface area contributed by atoms with Gasteiger partial charge < -0.3 is 15.5 Å². The highest BCUT2D eigenvalue weighted by atomic mass is 16.1. The van der Waals surface area contributed by atoms with E-state index in [9.17, 15) is 9.59 Å². The smallest absolute Gasteiger partial charge is 0.249 e. The lowest BCUT2D eigenvalue weighted by atomic mass is 9.97. The zero-order chi connectivity index (χ0) is 24.2. The number of primary amides is 1. The van der Waals surface area contributed by atoms with Crippen LogP contribution >= 0.6 is 0 Å². The summed E-state index contributed by atoms with van der Waals surface area (Å²) in [6, 6.07) is 19.6. The number of carbonyl (C=O) groups is 2. The molecule has 0 atom stereocenters. The van der Waals surface area contributed by atoms with Gasteiger partial charge in [0.2, 0.25) is 5.91 Å². The Morgan fingerprint density at radius 2 is 1.47 bits per heavy atom. The molecule has 3 aromatic carbocycles. The number of anilines is 1. The van der Waals surface area contributed by atoms with E-state index >= 15 is 0 Å². The minimum atomic E-state index is -0.604. The highest BCUT2D eigenvalue weighted by Gasteiger charge is 2.18. The van der Waals surface area contributed by atoms with Crippen LogP contribution in [0, 0.1) is 13.8 Å². The Balaban J connectivity index is 1.73. The van der Waals surface area contributed by atoms with Gasteiger partial charge in [0.25, 0.3) is 0 Å². The average Bonchev–Trinajstić information content (AvgIpc) is 2.82. The van der Waals surface area contributed by atoms with E-state index in [1.54, 1.807) is 30.3 Å². The van der Waals surface area contributed by atoms with Crippen LogP contribution in [0.15, 0.2) is 66.7 Å². The van der Waals surface area contributed by atoms with Crippen molar-refractivity contribution in [2.24, 2.45) is 5.73 Å². The van der Waals surface area contributed by atoms with Crippen molar-refractivity contribution in [1.29, 1.82) is 0 Å². The number of nitrogens with zero attached hydrogens (tertiary/aromatic N) is 2. The maximum absolute atomic E-state index is 13.0. The van der Waals surface area contributed by atoms with Crippen molar-refractivity contribution in [2.75, 3.05) is 38.1 Å². The summed E-state index contributed by atoms with van der Waals surface area (Å²) in [6.45, 7) is 8.05. The molecule has 1 fully saturated rings. The van der Waals surface area contributed by atoms with Gasteiger partial charge in [-0.3, -0.25) is 9.59 Å². The van der Waals surface area contributed by atoms with Crippen LogP contribution in [0.25, 0.3) is 17.2 Å². The van der Waals surface area contributed by atoms with Gasteiger partial charge in [-0.25, -0.2) is 0 Å². The first-order valence-electron chi connectivity index (χ1n) is 11.6. The summed E-state index contributed by atoms with van der Waals surface area (Å²) in [7, 11) is 2.14. The van der Waals surface area contributed by atoms with Crippen molar-refractivity contribution < 1.29 is 9.59 Å². The fourth-order valence-electron chi connectivity index (χ4n) is 4.51. The molecule has 1 aliphatic rings. The minimum absolute atomic E-state index is 0.237. The Morgan fingerprint density at radius 3 is 2.12 bits per heavy atom. The molecule has 1 heterocycles. The zero-order valence-corrected chi connectivity index (χ0v) is 20.0. The second-order valence-electron chi connectivity index (χ2n) is 9.05. The number of rotatable bonds is 6. The molecule has 0 aliphatic carbocycles. The van der Waals surface area contributed by atoms with E-state index in [1.165, 1.54) is 11.1 Å². The zero-order valence-electron chi connectivity index (χ0n) is 20.0. The van der Waals surface area contributed by atoms with Crippen molar-refractivity contribution in [3.63, 3.8) is 0 Å². The van der Waals surface area contributed by atoms with Gasteiger partial charge in [-0.1, -0.05) is 53.6 Å². The Bertz CT molecular complexity index is 1230. The fourth-order valence-corrected chi connectivity index (χ4v) is 4.51. The summed E-state index contributed by atoms with van der Waals surface area (Å²) >= 11 is 0. The lowest BCUT2D eigenvalue weighted by Crippen LogP contribution is -2.44. The Hall–Kier alpha value is -3.70. The molecule has 2 N–H and O–H groups in total. The van der Waals surface area contributed by atoms with Gasteiger partial charge in [-0.2, -0.15) is 0 Å². The van der Waals surface area contributed by atoms with Crippen LogP contribution in [0.5, 0.6) is 0 Å². The number of hydrogen-bond donors (Lipinski definition) is 1. The predicted octanol–water partition coefficient (Wildman–Crippen LogP) is 4.72. The normalized spacial score (nSPS) is 14.5. The van der Waals surface area contributed by atoms with Crippen LogP contribution < -0.4 is 10.6 Å². The molecule has 5 heteroatoms. The van der Waals surface area contributed by atoms with Crippen molar-refractivity contribution in [3.8, 4) is 11.1 Å². The summed E-state index contributed by atoms with van der Waals surface area (Å²) in [4.78, 5) is 29.5. The van der Waals surface area contributed by atoms with Crippen LogP contribution in [0.3, 0.4) is 0 Å². The van der Waals surface area contributed by atoms with E-state index in [-0.39, 0.29) is 11.3 Å². The second-order valence-corrected chi connectivity index (χ2v) is 9.05. The number of aryl methyl sites for hydroxylation is 2. The van der Waals surface area contributed by atoms with Crippen molar-refractivity contribution in [1.82, 2.24) is 4.90 Å². The predicted molar refractivity (Wildman–Crippen MR) is 139 cm³/mol. The SMILES string of the molecule is Cc1cc(C)cc(-c2ccc(N3CCN(C)CC3)c(C=CC(=O)c3ccccc3C(N)=O)c2)c1. The maximum atomic E-state index is 13.0. The quantitative estimate of drug-likeness (QED) is 0.433. The third-order valence-electron chi connectivity index (χ3n) is 6.30. The molecule has 0 radical (unpaired) electrons. The van der Waals surface area contributed by atoms with E-state index in [0.717, 1.165) is 48.6 Å². The number of allylic oxidation sites excluding steroid dienone is 1. The monoisotopic (exact) mass is 453 g/mol. The maximum Gasteiger partial charge on any atom is 0.249 e. The van der Waals surface area contributed by atoms with Gasteiger partial charge in [0.1, 0.15) is 0 Å². The molecule has 0 saturated carbocycles. The minimum Gasteiger partial charge on any atom is -0.368 e. The number of amides is 1. The average molecular weight is 454 g/mol. The van der Waals surface area contributed by atoms with Crippen molar-refractivity contribution >= 4 is 23.5 Å². The number of carbonyl (C=O) groups excluding carboxylic acids is 2. The molecule has 34 heavy (non-hydrogen) atoms. The molecule has 5 nitrogen and oxygen atoms in total. The van der Waals surface area contributed by atoms with Gasteiger partial charge >= 0.3 is 0 Å². The molecule has 3 aromatic rings. The lowest BCUT2D eigenvalue weighted by molar-refractivity contribution is 0.0983. The molecule has 1 saturated heterocycles. The number of nitrogens with two attached hydrogens (primary N) is 1. The lowest BCUT2D eigenvalue weighted by Gasteiger charge is -2.35. The van der Waals surface area contributed by atoms with Crippen LogP contribution in [-0.2, 0) is 0 Å². The number of ketones is 1. The molecule has 1 aliphatic heterocycles. The highest BCUT2D eigenvalue weighted by Crippen LogP contribution is 2.30. The molecule has 0 spiro atoms. The highest BCUT2D eigenvalue weighted by molar-refractivity contribution is 6.13. The fraction of sp³-hybridized carbons (Fsp3) is 0.241. The third-order valence-corrected chi connectivity index (χ3v) is 6.30. The summed E-state index contributed by atoms with van der Waals surface area (Å²) in [5.74, 6) is -0.845. The Labute approximate surface area is 201 Å². The topological polar surface area (TPSA) is 66.6 Å². The summed E-state index contributed by atoms with van der Waals surface area (Å²) in [5, 5.41) is 0. The molecular weight excluding hydrogens is 422 g/mol. The van der Waals surface area contributed by atoms with Gasteiger partial charge in [-0.15, -0.1) is 0 Å². The van der Waals surface area contributed by atoms with Gasteiger partial charge in [-0.05, 0) is 67.9 Å². The molecule has 174 valence electrons. The Kier molecular flexibility index (Phi) is 6.94. The largest absolute Gasteiger partial charge is 0.368 e. The van der Waals surface area contributed by atoms with Crippen LogP contribution in [-0.4, -0.2) is 49.8 Å². The Morgan fingerprint density at radius 1 is 0.824 bits per heavy atom. The van der Waals surface area contributed by atoms with E-state index in [0.29, 0.717) is 5.56 Å². The summed E-state index contributed by atoms with van der Waals surface area (Å²) in [6.07, 6.45) is 3.40. The molecule has 0 bridgehead atoms. The van der Waals surface area contributed by atoms with E-state index in [2.05, 4.69) is 67.1 Å². The van der Waals surface area contributed by atoms with Crippen LogP contribution in [0.4, 0.5) is 5.69 Å². The summed E-state index contributed by atoms with van der Waals surface area (Å²) < 4.78 is 0. The molecule has 0 unspecified atom stereocenters. The van der Waals surface area contributed by atoms with E-state index in [4.69, 9.17) is 5.73 Å². The number of piperazine rings is 1. The van der Waals surface area contributed by atoms with Crippen molar-refractivity contribution in [2.45, 2.75) is 13.8 Å². The standard InChI is InChI=1S/C29H31N3O2/c1-20-16-21(2)18-24(17-20)22-8-10-27(32-14-12-31(3)13-15-32)23(19-22)9-11-28(33)25-6-4-5-7-26(25)29(30)34/h4-11,16-19H,12-15H2,1-3H3,(H2,30,34). The first-order chi connectivity index (χ1) is 16.3.